The Morgan fingerprint density at radius 2 is 2.04 bits per heavy atom. The lowest BCUT2D eigenvalue weighted by Crippen LogP contribution is -2.47. The minimum Gasteiger partial charge on any atom is -0.445 e. The van der Waals surface area contributed by atoms with Gasteiger partial charge in [-0.2, -0.15) is 0 Å². The van der Waals surface area contributed by atoms with Crippen LogP contribution < -0.4 is 5.32 Å². The normalized spacial score (nSPS) is 16.9. The maximum atomic E-state index is 12.1. The summed E-state index contributed by atoms with van der Waals surface area (Å²) in [5.41, 5.74) is 0.967. The number of alkyl carbamates (subject to hydrolysis) is 1. The fourth-order valence-electron chi connectivity index (χ4n) is 3.05. The highest BCUT2D eigenvalue weighted by atomic mass is 16.5. The first-order valence-corrected chi connectivity index (χ1v) is 8.74. The Hall–Kier alpha value is -1.88. The number of ether oxygens (including phenoxy) is 1. The van der Waals surface area contributed by atoms with Crippen molar-refractivity contribution in [3.63, 3.8) is 0 Å². The maximum absolute atomic E-state index is 12.1. The quantitative estimate of drug-likeness (QED) is 0.834. The smallest absolute Gasteiger partial charge is 0.407 e. The SMILES string of the molecule is CC(C)C[C@@H](CN1CCCC(=O)C1)NC(=O)OCc1ccccc1. The van der Waals surface area contributed by atoms with Crippen LogP contribution in [-0.2, 0) is 16.1 Å². The van der Waals surface area contributed by atoms with Crippen molar-refractivity contribution in [2.24, 2.45) is 5.92 Å². The van der Waals surface area contributed by atoms with Gasteiger partial charge < -0.3 is 10.1 Å². The summed E-state index contributed by atoms with van der Waals surface area (Å²) in [6.07, 6.45) is 2.06. The maximum Gasteiger partial charge on any atom is 0.407 e. The predicted molar refractivity (Wildman–Crippen MR) is 93.7 cm³/mol. The molecule has 2 rings (SSSR count). The molecule has 0 aromatic heterocycles. The van der Waals surface area contributed by atoms with Gasteiger partial charge in [-0.1, -0.05) is 44.2 Å². The summed E-state index contributed by atoms with van der Waals surface area (Å²) >= 11 is 0. The van der Waals surface area contributed by atoms with Gasteiger partial charge in [-0.25, -0.2) is 4.79 Å². The molecule has 0 bridgehead atoms. The molecular weight excluding hydrogens is 304 g/mol. The summed E-state index contributed by atoms with van der Waals surface area (Å²) in [6, 6.07) is 9.63. The van der Waals surface area contributed by atoms with Crippen LogP contribution in [0.1, 0.15) is 38.7 Å². The molecule has 1 aromatic rings. The Morgan fingerprint density at radius 3 is 2.71 bits per heavy atom. The van der Waals surface area contributed by atoms with E-state index < -0.39 is 6.09 Å². The number of nitrogens with one attached hydrogen (secondary N) is 1. The van der Waals surface area contributed by atoms with Gasteiger partial charge in [0.05, 0.1) is 6.54 Å². The molecule has 5 nitrogen and oxygen atoms in total. The molecule has 0 unspecified atom stereocenters. The van der Waals surface area contributed by atoms with Gasteiger partial charge in [0.2, 0.25) is 0 Å². The zero-order chi connectivity index (χ0) is 17.4. The van der Waals surface area contributed by atoms with Crippen LogP contribution in [0.25, 0.3) is 0 Å². The molecule has 1 atom stereocenters. The molecule has 5 heteroatoms. The first-order valence-electron chi connectivity index (χ1n) is 8.74. The van der Waals surface area contributed by atoms with Crippen molar-refractivity contribution in [2.75, 3.05) is 19.6 Å². The van der Waals surface area contributed by atoms with Gasteiger partial charge in [-0.3, -0.25) is 9.69 Å². The molecule has 0 spiro atoms. The second-order valence-electron chi connectivity index (χ2n) is 6.91. The first kappa shape index (κ1) is 18.5. The molecule has 1 N–H and O–H groups in total. The molecule has 1 aromatic carbocycles. The highest BCUT2D eigenvalue weighted by Crippen LogP contribution is 2.11. The molecular formula is C19H28N2O3. The summed E-state index contributed by atoms with van der Waals surface area (Å²) in [5.74, 6) is 0.751. The van der Waals surface area contributed by atoms with E-state index >= 15 is 0 Å². The number of benzene rings is 1. The van der Waals surface area contributed by atoms with Gasteiger partial charge in [0.15, 0.2) is 0 Å². The largest absolute Gasteiger partial charge is 0.445 e. The van der Waals surface area contributed by atoms with E-state index in [1.54, 1.807) is 0 Å². The third kappa shape index (κ3) is 6.71. The Morgan fingerprint density at radius 1 is 1.29 bits per heavy atom. The van der Waals surface area contributed by atoms with Gasteiger partial charge in [0.1, 0.15) is 12.4 Å². The van der Waals surface area contributed by atoms with Crippen molar-refractivity contribution in [1.29, 1.82) is 0 Å². The third-order valence-corrected chi connectivity index (χ3v) is 4.10. The fourth-order valence-corrected chi connectivity index (χ4v) is 3.05. The summed E-state index contributed by atoms with van der Waals surface area (Å²) < 4.78 is 5.31. The Balaban J connectivity index is 1.82. The number of nitrogens with zero attached hydrogens (tertiary/aromatic N) is 1. The van der Waals surface area contributed by atoms with Crippen LogP contribution in [0, 0.1) is 5.92 Å². The number of Topliss-reactive ketones (excluding diaryl/α,β-unsaturated/α-hetero) is 1. The van der Waals surface area contributed by atoms with Gasteiger partial charge >= 0.3 is 6.09 Å². The monoisotopic (exact) mass is 332 g/mol. The first-order chi connectivity index (χ1) is 11.5. The molecule has 132 valence electrons. The number of carbonyl (C=O) groups is 2. The van der Waals surface area contributed by atoms with Crippen LogP contribution >= 0.6 is 0 Å². The van der Waals surface area contributed by atoms with Crippen LogP contribution in [0.3, 0.4) is 0 Å². The van der Waals surface area contributed by atoms with E-state index in [0.29, 0.717) is 25.4 Å². The van der Waals surface area contributed by atoms with Crippen LogP contribution in [-0.4, -0.2) is 42.5 Å². The molecule has 24 heavy (non-hydrogen) atoms. The van der Waals surface area contributed by atoms with Crippen molar-refractivity contribution in [2.45, 2.75) is 45.8 Å². The molecule has 1 fully saturated rings. The third-order valence-electron chi connectivity index (χ3n) is 4.10. The van der Waals surface area contributed by atoms with Gasteiger partial charge in [-0.15, -0.1) is 0 Å². The Bertz CT molecular complexity index is 531. The number of hydrogen-bond acceptors (Lipinski definition) is 4. The molecule has 1 aliphatic heterocycles. The van der Waals surface area contributed by atoms with Crippen LogP contribution in [0.15, 0.2) is 30.3 Å². The van der Waals surface area contributed by atoms with E-state index in [1.807, 2.05) is 30.3 Å². The van der Waals surface area contributed by atoms with E-state index in [9.17, 15) is 9.59 Å². The molecule has 0 aliphatic carbocycles. The number of hydrogen-bond donors (Lipinski definition) is 1. The van der Waals surface area contributed by atoms with E-state index in [1.165, 1.54) is 0 Å². The van der Waals surface area contributed by atoms with Crippen LogP contribution in [0.4, 0.5) is 4.79 Å². The van der Waals surface area contributed by atoms with Crippen molar-refractivity contribution in [3.8, 4) is 0 Å². The Kier molecular flexibility index (Phi) is 7.25. The van der Waals surface area contributed by atoms with E-state index in [0.717, 1.165) is 24.9 Å². The number of rotatable bonds is 7. The number of amides is 1. The lowest BCUT2D eigenvalue weighted by Gasteiger charge is -2.30. The van der Waals surface area contributed by atoms with E-state index in [2.05, 4.69) is 24.1 Å². The molecule has 0 saturated carbocycles. The van der Waals surface area contributed by atoms with Crippen LogP contribution in [0.2, 0.25) is 0 Å². The van der Waals surface area contributed by atoms with Gasteiger partial charge in [0, 0.05) is 19.0 Å². The number of likely N-dealkylation sites (tertiary alicyclic amines) is 1. The molecule has 1 amide bonds. The zero-order valence-corrected chi connectivity index (χ0v) is 14.7. The van der Waals surface area contributed by atoms with E-state index in [-0.39, 0.29) is 18.4 Å². The highest BCUT2D eigenvalue weighted by Gasteiger charge is 2.22. The minimum absolute atomic E-state index is 0.000765. The summed E-state index contributed by atoms with van der Waals surface area (Å²) in [4.78, 5) is 25.8. The average molecular weight is 332 g/mol. The van der Waals surface area contributed by atoms with Crippen LogP contribution in [0.5, 0.6) is 0 Å². The van der Waals surface area contributed by atoms with Gasteiger partial charge in [0.25, 0.3) is 0 Å². The van der Waals surface area contributed by atoms with Crippen molar-refractivity contribution < 1.29 is 14.3 Å². The van der Waals surface area contributed by atoms with Crippen molar-refractivity contribution in [1.82, 2.24) is 10.2 Å². The van der Waals surface area contributed by atoms with E-state index in [4.69, 9.17) is 4.74 Å². The summed E-state index contributed by atoms with van der Waals surface area (Å²) in [7, 11) is 0. The molecule has 1 aliphatic rings. The number of piperidine rings is 1. The number of ketones is 1. The minimum atomic E-state index is -0.396. The summed E-state index contributed by atoms with van der Waals surface area (Å²) in [5, 5.41) is 2.97. The van der Waals surface area contributed by atoms with Crippen molar-refractivity contribution in [3.05, 3.63) is 35.9 Å². The lowest BCUT2D eigenvalue weighted by atomic mass is 10.0. The second kappa shape index (κ2) is 9.42. The molecule has 1 saturated heterocycles. The van der Waals surface area contributed by atoms with Crippen molar-refractivity contribution >= 4 is 11.9 Å². The highest BCUT2D eigenvalue weighted by molar-refractivity contribution is 5.81. The molecule has 0 radical (unpaired) electrons. The fraction of sp³-hybridized carbons (Fsp3) is 0.579. The second-order valence-corrected chi connectivity index (χ2v) is 6.91. The average Bonchev–Trinajstić information content (AvgIpc) is 2.53. The summed E-state index contributed by atoms with van der Waals surface area (Å²) in [6.45, 7) is 6.64. The van der Waals surface area contributed by atoms with Gasteiger partial charge in [-0.05, 0) is 30.9 Å². The zero-order valence-electron chi connectivity index (χ0n) is 14.7. The predicted octanol–water partition coefficient (Wildman–Crippen LogP) is 2.99. The molecule has 1 heterocycles. The Labute approximate surface area is 144 Å². The topological polar surface area (TPSA) is 58.6 Å². The number of carbonyl (C=O) groups excluding carboxylic acids is 2. The lowest BCUT2D eigenvalue weighted by molar-refractivity contribution is -0.122. The standard InChI is InChI=1S/C19H28N2O3/c1-15(2)11-17(12-21-10-6-9-18(22)13-21)20-19(23)24-14-16-7-4-3-5-8-16/h3-5,7-8,15,17H,6,9-14H2,1-2H3,(H,20,23)/t17-/m0/s1.